The van der Waals surface area contributed by atoms with E-state index in [0.29, 0.717) is 18.7 Å². The lowest BCUT2D eigenvalue weighted by Crippen LogP contribution is -2.29. The van der Waals surface area contributed by atoms with Gasteiger partial charge in [0.1, 0.15) is 18.3 Å². The molecule has 0 heterocycles. The van der Waals surface area contributed by atoms with E-state index in [0.717, 1.165) is 5.56 Å². The van der Waals surface area contributed by atoms with Gasteiger partial charge in [-0.1, -0.05) is 12.1 Å². The third-order valence-electron chi connectivity index (χ3n) is 4.18. The van der Waals surface area contributed by atoms with E-state index in [9.17, 15) is 9.13 Å². The summed E-state index contributed by atoms with van der Waals surface area (Å²) in [4.78, 5) is 1.68. The van der Waals surface area contributed by atoms with Crippen molar-refractivity contribution in [2.24, 2.45) is 5.10 Å². The van der Waals surface area contributed by atoms with E-state index in [1.54, 1.807) is 11.9 Å². The van der Waals surface area contributed by atoms with E-state index in [1.807, 2.05) is 24.3 Å². The molecule has 0 aliphatic rings. The maximum absolute atomic E-state index is 12.6. The summed E-state index contributed by atoms with van der Waals surface area (Å²) in [6.07, 6.45) is 0.474. The lowest BCUT2D eigenvalue weighted by Gasteiger charge is -2.27. The zero-order chi connectivity index (χ0) is 22.8. The number of nitrogens with zero attached hydrogens (tertiary/aromatic N) is 3. The van der Waals surface area contributed by atoms with Crippen LogP contribution < -0.4 is 4.52 Å². The summed E-state index contributed by atoms with van der Waals surface area (Å²) < 4.78 is 52.4. The second-order valence-corrected chi connectivity index (χ2v) is 13.0. The molecule has 10 nitrogen and oxygen atoms in total. The molecule has 14 heteroatoms. The first-order valence-corrected chi connectivity index (χ1v) is 14.7. The highest BCUT2D eigenvalue weighted by atomic mass is 32.4. The average molecular weight is 501 g/mol. The summed E-state index contributed by atoms with van der Waals surface area (Å²) in [7, 11) is -1.46. The van der Waals surface area contributed by atoms with Gasteiger partial charge < -0.3 is 22.6 Å². The van der Waals surface area contributed by atoms with Crippen LogP contribution in [0.3, 0.4) is 0 Å². The highest BCUT2D eigenvalue weighted by Crippen LogP contribution is 2.51. The lowest BCUT2D eigenvalue weighted by molar-refractivity contribution is 0.224. The maximum atomic E-state index is 12.6. The fraction of sp³-hybridized carbons (Fsp3) is 0.562. The Kier molecular flexibility index (Phi) is 11.9. The largest absolute Gasteiger partial charge is 0.450 e. The Bertz CT molecular complexity index is 753. The number of rotatable bonds is 15. The Morgan fingerprint density at radius 3 is 1.87 bits per heavy atom. The van der Waals surface area contributed by atoms with Crippen molar-refractivity contribution >= 4 is 40.8 Å². The maximum Gasteiger partial charge on any atom is 0.344 e. The second-order valence-electron chi connectivity index (χ2n) is 6.06. The van der Waals surface area contributed by atoms with Crippen molar-refractivity contribution in [3.8, 4) is 5.75 Å². The third kappa shape index (κ3) is 8.87. The van der Waals surface area contributed by atoms with Crippen LogP contribution in [0.4, 0.5) is 0 Å². The van der Waals surface area contributed by atoms with Gasteiger partial charge in [-0.05, 0) is 35.9 Å². The molecule has 0 radical (unpaired) electrons. The summed E-state index contributed by atoms with van der Waals surface area (Å²) in [5, 5.41) is 3.74. The van der Waals surface area contributed by atoms with Gasteiger partial charge in [0.25, 0.3) is 0 Å². The van der Waals surface area contributed by atoms with Crippen molar-refractivity contribution in [1.82, 2.24) is 9.68 Å². The van der Waals surface area contributed by atoms with E-state index in [-0.39, 0.29) is 12.6 Å². The number of hydrogen-bond acceptors (Lipinski definition) is 10. The summed E-state index contributed by atoms with van der Waals surface area (Å²) in [6.45, 7) is 3.85. The van der Waals surface area contributed by atoms with E-state index in [4.69, 9.17) is 34.4 Å². The molecule has 0 aliphatic carbocycles. The molecular formula is C16H30N3O7P3S. The first kappa shape index (κ1) is 27.4. The molecule has 0 aliphatic heterocycles. The highest BCUT2D eigenvalue weighted by molar-refractivity contribution is 8.02. The molecule has 1 atom stereocenters. The zero-order valence-corrected chi connectivity index (χ0v) is 21.5. The van der Waals surface area contributed by atoms with Crippen LogP contribution in [0.2, 0.25) is 0 Å². The molecule has 0 saturated heterocycles. The summed E-state index contributed by atoms with van der Waals surface area (Å²) in [5.41, 5.74) is 0.995. The zero-order valence-electron chi connectivity index (χ0n) is 17.8. The van der Waals surface area contributed by atoms with Crippen LogP contribution in [0.25, 0.3) is 0 Å². The van der Waals surface area contributed by atoms with E-state index in [1.165, 1.54) is 33.2 Å². The Morgan fingerprint density at radius 1 is 1.00 bits per heavy atom. The molecule has 0 spiro atoms. The van der Waals surface area contributed by atoms with Crippen LogP contribution in [0, 0.1) is 0 Å². The Labute approximate surface area is 184 Å². The smallest absolute Gasteiger partial charge is 0.344 e. The van der Waals surface area contributed by atoms with Crippen molar-refractivity contribution in [2.45, 2.75) is 6.42 Å². The molecule has 0 bridgehead atoms. The number of hydrazone groups is 1. The Balaban J connectivity index is 2.84. The molecule has 0 amide bonds. The van der Waals surface area contributed by atoms with E-state index < -0.39 is 22.3 Å². The van der Waals surface area contributed by atoms with Crippen LogP contribution in [0.1, 0.15) is 5.56 Å². The van der Waals surface area contributed by atoms with Gasteiger partial charge in [0.15, 0.2) is 0 Å². The van der Waals surface area contributed by atoms with Crippen molar-refractivity contribution in [2.75, 3.05) is 54.6 Å². The van der Waals surface area contributed by atoms with Crippen molar-refractivity contribution in [3.05, 3.63) is 29.8 Å². The van der Waals surface area contributed by atoms with Gasteiger partial charge in [-0.25, -0.2) is 4.78 Å². The van der Waals surface area contributed by atoms with Gasteiger partial charge in [-0.2, -0.15) is 5.10 Å². The van der Waals surface area contributed by atoms with Gasteiger partial charge in [0, 0.05) is 48.7 Å². The van der Waals surface area contributed by atoms with E-state index in [2.05, 4.69) is 11.8 Å². The molecule has 1 aromatic carbocycles. The third-order valence-corrected chi connectivity index (χ3v) is 10.0. The van der Waals surface area contributed by atoms with Crippen LogP contribution >= 0.6 is 22.3 Å². The van der Waals surface area contributed by atoms with Gasteiger partial charge in [0.2, 0.25) is 7.07 Å². The normalized spacial score (nSPS) is 13.3. The lowest BCUT2D eigenvalue weighted by atomic mass is 10.1. The van der Waals surface area contributed by atoms with Crippen molar-refractivity contribution < 1.29 is 31.7 Å². The summed E-state index contributed by atoms with van der Waals surface area (Å²) >= 11 is 5.27. The molecule has 172 valence electrons. The van der Waals surface area contributed by atoms with Crippen LogP contribution in [0.5, 0.6) is 5.75 Å². The molecule has 0 fully saturated rings. The van der Waals surface area contributed by atoms with Crippen molar-refractivity contribution in [1.29, 1.82) is 0 Å². The quantitative estimate of drug-likeness (QED) is 0.200. The second kappa shape index (κ2) is 13.1. The molecule has 30 heavy (non-hydrogen) atoms. The molecule has 0 aromatic heterocycles. The molecule has 0 saturated carbocycles. The Morgan fingerprint density at radius 2 is 1.47 bits per heavy atom. The van der Waals surface area contributed by atoms with Crippen LogP contribution in [-0.2, 0) is 45.5 Å². The van der Waals surface area contributed by atoms with Gasteiger partial charge in [-0.3, -0.25) is 14.0 Å². The molecule has 1 aromatic rings. The van der Waals surface area contributed by atoms with E-state index >= 15 is 0 Å². The fourth-order valence-corrected chi connectivity index (χ4v) is 5.72. The first-order valence-electron chi connectivity index (χ1n) is 8.78. The van der Waals surface area contributed by atoms with Gasteiger partial charge >= 0.3 is 15.2 Å². The number of hydrogen-bond donors (Lipinski definition) is 0. The van der Waals surface area contributed by atoms with Crippen LogP contribution in [-0.4, -0.2) is 71.0 Å². The molecular weight excluding hydrogens is 471 g/mol. The van der Waals surface area contributed by atoms with Gasteiger partial charge in [-0.15, -0.1) is 0 Å². The first-order chi connectivity index (χ1) is 14.1. The summed E-state index contributed by atoms with van der Waals surface area (Å²) in [5.74, 6) is 0.640. The van der Waals surface area contributed by atoms with Crippen LogP contribution in [0.15, 0.2) is 29.4 Å². The fourth-order valence-electron chi connectivity index (χ4n) is 2.29. The van der Waals surface area contributed by atoms with Gasteiger partial charge in [0.05, 0.1) is 0 Å². The highest BCUT2D eigenvalue weighted by Gasteiger charge is 2.31. The van der Waals surface area contributed by atoms with Crippen molar-refractivity contribution in [3.63, 3.8) is 0 Å². The minimum Gasteiger partial charge on any atom is -0.450 e. The topological polar surface area (TPSA) is 99.1 Å². The monoisotopic (exact) mass is 501 g/mol. The predicted octanol–water partition coefficient (Wildman–Crippen LogP) is 3.85. The average Bonchev–Trinajstić information content (AvgIpc) is 2.77. The Hall–Kier alpha value is -0.600. The minimum absolute atomic E-state index is 0.0550. The summed E-state index contributed by atoms with van der Waals surface area (Å²) in [6, 6.07) is 7.44. The number of benzene rings is 1. The minimum atomic E-state index is -3.36. The predicted molar refractivity (Wildman–Crippen MR) is 123 cm³/mol. The molecule has 1 rings (SSSR count). The SMILES string of the molecule is C=NN(C)[PH](=S)Oc1ccc(CCN(CP(=O)(OC)OC)CP(=O)(OC)OC)cc1. The molecule has 0 N–H and O–H groups in total. The standard InChI is InChI=1S/C16H30N3O7P3S/c1-17-18(2)27(30)26-16-9-7-15(8-10-16)11-12-19(13-28(20,22-3)23-4)14-29(21,24-5)25-6/h7-10,27H,1,11-14H2,2-6H3. The molecule has 1 unspecified atom stereocenters.